The van der Waals surface area contributed by atoms with Crippen LogP contribution in [0.4, 0.5) is 17.1 Å². The molecule has 2 N–H and O–H groups in total. The van der Waals surface area contributed by atoms with Crippen molar-refractivity contribution >= 4 is 23.0 Å². The van der Waals surface area contributed by atoms with E-state index in [-0.39, 0.29) is 5.91 Å². The molecule has 1 heterocycles. The number of para-hydroxylation sites is 2. The third-order valence-corrected chi connectivity index (χ3v) is 4.23. The van der Waals surface area contributed by atoms with Crippen molar-refractivity contribution in [1.29, 1.82) is 5.26 Å². The van der Waals surface area contributed by atoms with Crippen LogP contribution in [0, 0.1) is 11.3 Å². The van der Waals surface area contributed by atoms with Gasteiger partial charge in [-0.15, -0.1) is 0 Å². The Hall–Kier alpha value is -3.04. The Balaban J connectivity index is 1.52. The molecule has 1 saturated heterocycles. The van der Waals surface area contributed by atoms with Gasteiger partial charge in [0, 0.05) is 31.7 Å². The van der Waals surface area contributed by atoms with Crippen molar-refractivity contribution in [2.24, 2.45) is 0 Å². The average Bonchev–Trinajstić information content (AvgIpc) is 2.69. The summed E-state index contributed by atoms with van der Waals surface area (Å²) in [5, 5.41) is 15.0. The molecule has 0 aliphatic carbocycles. The summed E-state index contributed by atoms with van der Waals surface area (Å²) in [5.74, 6) is -0.0353. The molecule has 134 valence electrons. The number of hydrogen-bond acceptors (Lipinski definition) is 5. The number of ether oxygens (including phenoxy) is 1. The fourth-order valence-corrected chi connectivity index (χ4v) is 2.86. The third-order valence-electron chi connectivity index (χ3n) is 4.23. The molecule has 0 atom stereocenters. The molecule has 0 bridgehead atoms. The number of amides is 1. The zero-order chi connectivity index (χ0) is 18.2. The van der Waals surface area contributed by atoms with Crippen LogP contribution in [0.25, 0.3) is 0 Å². The number of benzene rings is 2. The molecule has 3 rings (SSSR count). The number of carbonyl (C=O) groups excluding carboxylic acids is 1. The van der Waals surface area contributed by atoms with Crippen molar-refractivity contribution in [3.05, 3.63) is 54.1 Å². The molecule has 0 unspecified atom stereocenters. The molecule has 1 aliphatic rings. The maximum atomic E-state index is 12.3. The maximum Gasteiger partial charge on any atom is 0.226 e. The number of nitrogens with zero attached hydrogens (tertiary/aromatic N) is 2. The van der Waals surface area contributed by atoms with Gasteiger partial charge in [0.15, 0.2) is 0 Å². The molecule has 0 radical (unpaired) electrons. The Morgan fingerprint density at radius 3 is 2.58 bits per heavy atom. The van der Waals surface area contributed by atoms with Gasteiger partial charge in [0.25, 0.3) is 0 Å². The highest BCUT2D eigenvalue weighted by Gasteiger charge is 2.15. The van der Waals surface area contributed by atoms with Crippen molar-refractivity contribution in [3.63, 3.8) is 0 Å². The second-order valence-electron chi connectivity index (χ2n) is 6.03. The first-order chi connectivity index (χ1) is 12.8. The quantitative estimate of drug-likeness (QED) is 0.838. The van der Waals surface area contributed by atoms with E-state index in [1.165, 1.54) is 0 Å². The largest absolute Gasteiger partial charge is 0.385 e. The van der Waals surface area contributed by atoms with Crippen molar-refractivity contribution < 1.29 is 9.53 Å². The molecule has 1 fully saturated rings. The van der Waals surface area contributed by atoms with Gasteiger partial charge in [-0.2, -0.15) is 5.26 Å². The lowest BCUT2D eigenvalue weighted by Gasteiger charge is -2.30. The molecular weight excluding hydrogens is 328 g/mol. The summed E-state index contributed by atoms with van der Waals surface area (Å²) in [7, 11) is 0. The Kier molecular flexibility index (Phi) is 6.07. The molecule has 1 aliphatic heterocycles. The van der Waals surface area contributed by atoms with Gasteiger partial charge in [0.1, 0.15) is 0 Å². The minimum atomic E-state index is -0.0353. The van der Waals surface area contributed by atoms with Crippen molar-refractivity contribution in [2.75, 3.05) is 48.4 Å². The van der Waals surface area contributed by atoms with Crippen LogP contribution in [0.3, 0.4) is 0 Å². The van der Waals surface area contributed by atoms with E-state index in [2.05, 4.69) is 21.6 Å². The summed E-state index contributed by atoms with van der Waals surface area (Å²) in [6, 6.07) is 17.1. The van der Waals surface area contributed by atoms with Gasteiger partial charge < -0.3 is 20.3 Å². The molecule has 6 heteroatoms. The number of anilines is 3. The van der Waals surface area contributed by atoms with E-state index in [0.717, 1.165) is 30.2 Å². The minimum absolute atomic E-state index is 0.0353. The fraction of sp³-hybridized carbons (Fsp3) is 0.300. The lowest BCUT2D eigenvalue weighted by molar-refractivity contribution is -0.115. The molecule has 0 aromatic heterocycles. The topological polar surface area (TPSA) is 77.4 Å². The van der Waals surface area contributed by atoms with Gasteiger partial charge >= 0.3 is 0 Å². The van der Waals surface area contributed by atoms with Gasteiger partial charge in [-0.3, -0.25) is 4.79 Å². The van der Waals surface area contributed by atoms with Gasteiger partial charge in [0.05, 0.1) is 36.2 Å². The monoisotopic (exact) mass is 350 g/mol. The van der Waals surface area contributed by atoms with Crippen LogP contribution in [0.5, 0.6) is 0 Å². The Labute approximate surface area is 153 Å². The highest BCUT2D eigenvalue weighted by atomic mass is 16.5. The third kappa shape index (κ3) is 4.74. The summed E-state index contributed by atoms with van der Waals surface area (Å²) < 4.78 is 5.40. The van der Waals surface area contributed by atoms with Crippen molar-refractivity contribution in [3.8, 4) is 6.07 Å². The molecule has 2 aromatic rings. The number of morpholine rings is 1. The number of rotatable bonds is 6. The SMILES string of the molecule is N#Cc1ccc(NCCC(=O)Nc2ccccc2N2CCOCC2)cc1. The summed E-state index contributed by atoms with van der Waals surface area (Å²) >= 11 is 0. The van der Waals surface area contributed by atoms with E-state index < -0.39 is 0 Å². The Morgan fingerprint density at radius 1 is 1.12 bits per heavy atom. The van der Waals surface area contributed by atoms with E-state index in [1.54, 1.807) is 12.1 Å². The highest BCUT2D eigenvalue weighted by molar-refractivity contribution is 5.94. The second-order valence-corrected chi connectivity index (χ2v) is 6.03. The van der Waals surface area contributed by atoms with E-state index in [1.807, 2.05) is 36.4 Å². The summed E-state index contributed by atoms with van der Waals surface area (Å²) in [5.41, 5.74) is 3.38. The lowest BCUT2D eigenvalue weighted by Crippen LogP contribution is -2.36. The zero-order valence-corrected chi connectivity index (χ0v) is 14.6. The first-order valence-electron chi connectivity index (χ1n) is 8.72. The lowest BCUT2D eigenvalue weighted by atomic mass is 10.2. The summed E-state index contributed by atoms with van der Waals surface area (Å²) in [4.78, 5) is 14.5. The van der Waals surface area contributed by atoms with Crippen LogP contribution in [-0.2, 0) is 9.53 Å². The molecular formula is C20H22N4O2. The zero-order valence-electron chi connectivity index (χ0n) is 14.6. The molecule has 6 nitrogen and oxygen atoms in total. The predicted octanol–water partition coefficient (Wildman–Crippen LogP) is 2.84. The van der Waals surface area contributed by atoms with Gasteiger partial charge in [-0.25, -0.2) is 0 Å². The van der Waals surface area contributed by atoms with Crippen LogP contribution < -0.4 is 15.5 Å². The van der Waals surface area contributed by atoms with Gasteiger partial charge in [-0.1, -0.05) is 12.1 Å². The maximum absolute atomic E-state index is 12.3. The molecule has 0 saturated carbocycles. The van der Waals surface area contributed by atoms with Crippen LogP contribution in [0.15, 0.2) is 48.5 Å². The Bertz CT molecular complexity index is 777. The summed E-state index contributed by atoms with van der Waals surface area (Å²) in [6.07, 6.45) is 0.359. The molecule has 2 aromatic carbocycles. The first kappa shape index (κ1) is 17.8. The number of nitrogens with one attached hydrogen (secondary N) is 2. The van der Waals surface area contributed by atoms with Gasteiger partial charge in [-0.05, 0) is 36.4 Å². The second kappa shape index (κ2) is 8.88. The summed E-state index contributed by atoms with van der Waals surface area (Å²) in [6.45, 7) is 3.59. The number of hydrogen-bond donors (Lipinski definition) is 2. The Morgan fingerprint density at radius 2 is 1.85 bits per heavy atom. The first-order valence-corrected chi connectivity index (χ1v) is 8.72. The van der Waals surface area contributed by atoms with Crippen LogP contribution in [0.2, 0.25) is 0 Å². The number of nitriles is 1. The van der Waals surface area contributed by atoms with Crippen LogP contribution in [0.1, 0.15) is 12.0 Å². The molecule has 1 amide bonds. The fourth-order valence-electron chi connectivity index (χ4n) is 2.86. The molecule has 0 spiro atoms. The van der Waals surface area contributed by atoms with Crippen molar-refractivity contribution in [2.45, 2.75) is 6.42 Å². The van der Waals surface area contributed by atoms with E-state index in [0.29, 0.717) is 31.7 Å². The van der Waals surface area contributed by atoms with E-state index >= 15 is 0 Å². The van der Waals surface area contributed by atoms with E-state index in [9.17, 15) is 4.79 Å². The average molecular weight is 350 g/mol. The number of carbonyl (C=O) groups is 1. The van der Waals surface area contributed by atoms with Crippen LogP contribution in [-0.4, -0.2) is 38.8 Å². The normalized spacial score (nSPS) is 13.7. The van der Waals surface area contributed by atoms with Gasteiger partial charge in [0.2, 0.25) is 5.91 Å². The standard InChI is InChI=1S/C20H22N4O2/c21-15-16-5-7-17(8-6-16)22-10-9-20(25)23-18-3-1-2-4-19(18)24-11-13-26-14-12-24/h1-8,22H,9-14H2,(H,23,25). The van der Waals surface area contributed by atoms with Crippen LogP contribution >= 0.6 is 0 Å². The highest BCUT2D eigenvalue weighted by Crippen LogP contribution is 2.26. The minimum Gasteiger partial charge on any atom is -0.385 e. The smallest absolute Gasteiger partial charge is 0.226 e. The molecule has 26 heavy (non-hydrogen) atoms. The predicted molar refractivity (Wildman–Crippen MR) is 102 cm³/mol. The van der Waals surface area contributed by atoms with E-state index in [4.69, 9.17) is 10.00 Å². The van der Waals surface area contributed by atoms with Crippen molar-refractivity contribution in [1.82, 2.24) is 0 Å².